The Kier molecular flexibility index (Phi) is 6.48. The molecule has 2 aromatic heterocycles. The van der Waals surface area contributed by atoms with Gasteiger partial charge >= 0.3 is 0 Å². The molecule has 0 saturated heterocycles. The lowest BCUT2D eigenvalue weighted by Crippen LogP contribution is -2.32. The van der Waals surface area contributed by atoms with Crippen LogP contribution in [0, 0.1) is 0 Å². The quantitative estimate of drug-likeness (QED) is 0.181. The van der Waals surface area contributed by atoms with Gasteiger partial charge in [0.15, 0.2) is 11.2 Å². The van der Waals surface area contributed by atoms with E-state index in [9.17, 15) is 0 Å². The maximum atomic E-state index is 6.67. The number of hydrogen-bond donors (Lipinski definition) is 0. The molecule has 0 radical (unpaired) electrons. The molecule has 0 saturated carbocycles. The zero-order valence-corrected chi connectivity index (χ0v) is 29.9. The van der Waals surface area contributed by atoms with Gasteiger partial charge in [0.05, 0.1) is 5.41 Å². The fourth-order valence-corrected chi connectivity index (χ4v) is 8.92. The van der Waals surface area contributed by atoms with E-state index in [2.05, 4.69) is 127 Å². The Morgan fingerprint density at radius 1 is 0.339 bits per heavy atom. The van der Waals surface area contributed by atoms with Crippen molar-refractivity contribution in [2.75, 3.05) is 0 Å². The van der Waals surface area contributed by atoms with Gasteiger partial charge < -0.3 is 13.6 Å². The molecule has 1 aliphatic heterocycles. The Morgan fingerprint density at radius 2 is 0.804 bits per heavy atom. The molecule has 5 heteroatoms. The van der Waals surface area contributed by atoms with Crippen molar-refractivity contribution >= 4 is 22.2 Å². The molecule has 262 valence electrons. The first kappa shape index (κ1) is 30.9. The smallest absolute Gasteiger partial charge is 0.227 e. The van der Waals surface area contributed by atoms with Crippen LogP contribution < -0.4 is 4.74 Å². The van der Waals surface area contributed by atoms with Gasteiger partial charge in [-0.1, -0.05) is 121 Å². The standard InChI is InChI=1S/C51H30N2O3/c1-3-13-39-37(11-1)38-12-2-4-14-40(38)51(39)41-15-5-8-18-45(41)54-46-26-25-33(30-42(46)51)31-21-23-32(24-22-31)34-27-35(49-52-43-16-6-9-19-47(43)55-49)29-36(28-34)50-53-44-17-7-10-20-48(44)56-50/h1-30H. The van der Waals surface area contributed by atoms with Crippen LogP contribution in [0.1, 0.15) is 22.3 Å². The van der Waals surface area contributed by atoms with Crippen molar-refractivity contribution in [2.24, 2.45) is 0 Å². The number of para-hydroxylation sites is 5. The molecular weight excluding hydrogens is 689 g/mol. The van der Waals surface area contributed by atoms with Crippen molar-refractivity contribution in [2.45, 2.75) is 5.41 Å². The van der Waals surface area contributed by atoms with Crippen LogP contribution in [0.15, 0.2) is 191 Å². The predicted octanol–water partition coefficient (Wildman–Crippen LogP) is 13.1. The van der Waals surface area contributed by atoms with E-state index in [1.54, 1.807) is 0 Å². The van der Waals surface area contributed by atoms with E-state index < -0.39 is 5.41 Å². The van der Waals surface area contributed by atoms with Crippen molar-refractivity contribution in [1.29, 1.82) is 0 Å². The Morgan fingerprint density at radius 3 is 1.41 bits per heavy atom. The second kappa shape index (κ2) is 11.7. The molecule has 8 aromatic carbocycles. The maximum Gasteiger partial charge on any atom is 0.227 e. The van der Waals surface area contributed by atoms with Gasteiger partial charge in [0.25, 0.3) is 0 Å². The summed E-state index contributed by atoms with van der Waals surface area (Å²) >= 11 is 0. The average Bonchev–Trinajstić information content (AvgIpc) is 3.98. The third-order valence-electron chi connectivity index (χ3n) is 11.4. The molecule has 1 aliphatic carbocycles. The molecule has 56 heavy (non-hydrogen) atoms. The summed E-state index contributed by atoms with van der Waals surface area (Å²) in [6, 6.07) is 63.5. The van der Waals surface area contributed by atoms with Gasteiger partial charge in [-0.25, -0.2) is 9.97 Å². The van der Waals surface area contributed by atoms with Crippen molar-refractivity contribution in [3.05, 3.63) is 204 Å². The van der Waals surface area contributed by atoms with Gasteiger partial charge in [-0.05, 0) is 105 Å². The lowest BCUT2D eigenvalue weighted by molar-refractivity contribution is 0.436. The minimum atomic E-state index is -0.514. The fraction of sp³-hybridized carbons (Fsp3) is 0.0196. The minimum Gasteiger partial charge on any atom is -0.457 e. The highest BCUT2D eigenvalue weighted by molar-refractivity contribution is 5.90. The van der Waals surface area contributed by atoms with Gasteiger partial charge in [-0.15, -0.1) is 0 Å². The summed E-state index contributed by atoms with van der Waals surface area (Å²) in [6.45, 7) is 0. The largest absolute Gasteiger partial charge is 0.457 e. The number of fused-ring (bicyclic) bond motifs is 11. The Bertz CT molecular complexity index is 2990. The summed E-state index contributed by atoms with van der Waals surface area (Å²) in [5.74, 6) is 2.85. The van der Waals surface area contributed by atoms with Crippen LogP contribution in [0.4, 0.5) is 0 Å². The van der Waals surface area contributed by atoms with E-state index in [0.717, 1.165) is 78.2 Å². The van der Waals surface area contributed by atoms with Crippen LogP contribution in [-0.2, 0) is 5.41 Å². The fourth-order valence-electron chi connectivity index (χ4n) is 8.92. The molecule has 3 heterocycles. The van der Waals surface area contributed by atoms with Crippen LogP contribution in [0.2, 0.25) is 0 Å². The van der Waals surface area contributed by atoms with E-state index in [0.29, 0.717) is 11.8 Å². The Hall–Kier alpha value is -7.50. The first-order valence-corrected chi connectivity index (χ1v) is 18.8. The van der Waals surface area contributed by atoms with Crippen LogP contribution >= 0.6 is 0 Å². The molecule has 5 nitrogen and oxygen atoms in total. The normalized spacial score (nSPS) is 13.3. The molecule has 0 fully saturated rings. The second-order valence-corrected chi connectivity index (χ2v) is 14.5. The second-order valence-electron chi connectivity index (χ2n) is 14.5. The van der Waals surface area contributed by atoms with Crippen molar-refractivity contribution in [3.8, 4) is 67.8 Å². The highest BCUT2D eigenvalue weighted by atomic mass is 16.5. The number of ether oxygens (including phenoxy) is 1. The first-order chi connectivity index (χ1) is 27.7. The number of oxazole rings is 2. The van der Waals surface area contributed by atoms with Gasteiger partial charge in [0.2, 0.25) is 11.8 Å². The number of nitrogens with zero attached hydrogens (tertiary/aromatic N) is 2. The molecule has 0 unspecified atom stereocenters. The third-order valence-corrected chi connectivity index (χ3v) is 11.4. The molecule has 0 N–H and O–H groups in total. The van der Waals surface area contributed by atoms with Gasteiger partial charge in [-0.2, -0.15) is 0 Å². The van der Waals surface area contributed by atoms with E-state index >= 15 is 0 Å². The van der Waals surface area contributed by atoms with Gasteiger partial charge in [-0.3, -0.25) is 0 Å². The average molecular weight is 719 g/mol. The Labute approximate surface area is 322 Å². The number of hydrogen-bond acceptors (Lipinski definition) is 5. The van der Waals surface area contributed by atoms with E-state index in [1.165, 1.54) is 22.3 Å². The summed E-state index contributed by atoms with van der Waals surface area (Å²) in [7, 11) is 0. The summed E-state index contributed by atoms with van der Waals surface area (Å²) in [4.78, 5) is 9.66. The minimum absolute atomic E-state index is 0.514. The van der Waals surface area contributed by atoms with E-state index in [1.807, 2.05) is 54.6 Å². The zero-order valence-electron chi connectivity index (χ0n) is 29.9. The zero-order chi connectivity index (χ0) is 36.8. The number of aromatic nitrogens is 2. The van der Waals surface area contributed by atoms with Crippen molar-refractivity contribution in [3.63, 3.8) is 0 Å². The molecule has 0 atom stereocenters. The summed E-state index contributed by atoms with van der Waals surface area (Å²) < 4.78 is 19.2. The lowest BCUT2D eigenvalue weighted by atomic mass is 9.66. The van der Waals surface area contributed by atoms with Gasteiger partial charge in [0.1, 0.15) is 22.5 Å². The molecular formula is C51H30N2O3. The summed E-state index contributed by atoms with van der Waals surface area (Å²) in [5, 5.41) is 0. The van der Waals surface area contributed by atoms with Crippen LogP contribution in [0.3, 0.4) is 0 Å². The number of benzene rings is 8. The van der Waals surface area contributed by atoms with E-state index in [4.69, 9.17) is 23.5 Å². The topological polar surface area (TPSA) is 61.3 Å². The first-order valence-electron chi connectivity index (χ1n) is 18.8. The molecule has 1 spiro atoms. The van der Waals surface area contributed by atoms with Gasteiger partial charge in [0, 0.05) is 22.3 Å². The molecule has 0 bridgehead atoms. The molecule has 0 amide bonds. The highest BCUT2D eigenvalue weighted by Gasteiger charge is 2.51. The van der Waals surface area contributed by atoms with Crippen molar-refractivity contribution < 1.29 is 13.6 Å². The Balaban J connectivity index is 0.988. The summed E-state index contributed by atoms with van der Waals surface area (Å²) in [6.07, 6.45) is 0. The predicted molar refractivity (Wildman–Crippen MR) is 221 cm³/mol. The number of rotatable bonds is 4. The van der Waals surface area contributed by atoms with Crippen LogP contribution in [-0.4, -0.2) is 9.97 Å². The molecule has 10 aromatic rings. The van der Waals surface area contributed by atoms with Crippen LogP contribution in [0.25, 0.3) is 78.5 Å². The van der Waals surface area contributed by atoms with Crippen molar-refractivity contribution in [1.82, 2.24) is 9.97 Å². The van der Waals surface area contributed by atoms with E-state index in [-0.39, 0.29) is 0 Å². The monoisotopic (exact) mass is 718 g/mol. The highest BCUT2D eigenvalue weighted by Crippen LogP contribution is 2.62. The lowest BCUT2D eigenvalue weighted by Gasteiger charge is -2.39. The maximum absolute atomic E-state index is 6.67. The third kappa shape index (κ3) is 4.49. The molecule has 12 rings (SSSR count). The SMILES string of the molecule is c1ccc2c(c1)Oc1ccc(-c3ccc(-c4cc(-c5nc6ccccc6o5)cc(-c5nc6ccccc6o5)c4)cc3)cc1C21c2ccccc2-c2ccccc21. The van der Waals surface area contributed by atoms with Crippen LogP contribution in [0.5, 0.6) is 11.5 Å². The molecule has 2 aliphatic rings. The summed E-state index contributed by atoms with van der Waals surface area (Å²) in [5.41, 5.74) is 15.9.